The van der Waals surface area contributed by atoms with Gasteiger partial charge >= 0.3 is 12.2 Å². The largest absolute Gasteiger partial charge is 0.444 e. The second kappa shape index (κ2) is 29.5. The zero-order valence-corrected chi connectivity index (χ0v) is 42.2. The highest BCUT2D eigenvalue weighted by Gasteiger charge is 2.32. The molecule has 0 spiro atoms. The molecule has 69 heavy (non-hydrogen) atoms. The van der Waals surface area contributed by atoms with Crippen molar-refractivity contribution in [3.63, 3.8) is 0 Å². The normalized spacial score (nSPS) is 17.7. The van der Waals surface area contributed by atoms with Gasteiger partial charge in [0.1, 0.15) is 12.2 Å². The van der Waals surface area contributed by atoms with Gasteiger partial charge in [-0.05, 0) is 66.6 Å². The third-order valence-corrected chi connectivity index (χ3v) is 13.9. The summed E-state index contributed by atoms with van der Waals surface area (Å²) in [5.74, 6) is 0.540. The summed E-state index contributed by atoms with van der Waals surface area (Å²) in [7, 11) is -2.33. The van der Waals surface area contributed by atoms with Gasteiger partial charge in [-0.3, -0.25) is 0 Å². The SMILES string of the molecule is CC(C)CN(C[C@@H](O)[C@H](Cc1ccccc1)NC(=O)O[C@H]1CCOC1)S(=O)(=O)c1ccccc1.CC(C)CNC[C@@H](O)[C@H](Cc1ccccc1)NC(=O)O[C@H]1CCOC1.O=S(=O)(Cl)c1ccccc1. The van der Waals surface area contributed by atoms with Crippen LogP contribution in [-0.4, -0.2) is 133 Å². The Balaban J connectivity index is 0.000000258. The molecule has 2 amide bonds. The summed E-state index contributed by atoms with van der Waals surface area (Å²) in [6.45, 7) is 11.3. The molecule has 2 aliphatic rings. The number of hydrogen-bond donors (Lipinski definition) is 5. The lowest BCUT2D eigenvalue weighted by Gasteiger charge is -2.30. The van der Waals surface area contributed by atoms with Crippen LogP contribution in [0.4, 0.5) is 9.59 Å². The van der Waals surface area contributed by atoms with Gasteiger partial charge in [-0.1, -0.05) is 125 Å². The molecular formula is C50H69ClN4O12S2. The summed E-state index contributed by atoms with van der Waals surface area (Å²) < 4.78 is 70.4. The number of nitrogens with zero attached hydrogens (tertiary/aromatic N) is 1. The number of carbonyl (C=O) groups is 2. The van der Waals surface area contributed by atoms with Crippen molar-refractivity contribution in [3.05, 3.63) is 132 Å². The van der Waals surface area contributed by atoms with Crippen LogP contribution in [0.5, 0.6) is 0 Å². The molecule has 0 saturated carbocycles. The van der Waals surface area contributed by atoms with Crippen molar-refractivity contribution in [2.75, 3.05) is 52.6 Å². The van der Waals surface area contributed by atoms with E-state index in [4.69, 9.17) is 29.6 Å². The lowest BCUT2D eigenvalue weighted by molar-refractivity contribution is 0.0643. The third-order valence-electron chi connectivity index (χ3n) is 10.7. The van der Waals surface area contributed by atoms with Gasteiger partial charge in [-0.25, -0.2) is 26.4 Å². The van der Waals surface area contributed by atoms with Gasteiger partial charge < -0.3 is 45.1 Å². The van der Waals surface area contributed by atoms with E-state index < -0.39 is 55.6 Å². The number of hydrogen-bond acceptors (Lipinski definition) is 13. The van der Waals surface area contributed by atoms with Crippen molar-refractivity contribution in [2.24, 2.45) is 11.8 Å². The molecule has 2 fully saturated rings. The van der Waals surface area contributed by atoms with Crippen LogP contribution in [0.15, 0.2) is 131 Å². The Kier molecular flexibility index (Phi) is 24.4. The van der Waals surface area contributed by atoms with Crippen molar-refractivity contribution in [1.29, 1.82) is 0 Å². The zero-order chi connectivity index (χ0) is 50.2. The maximum Gasteiger partial charge on any atom is 0.407 e. The molecule has 6 atom stereocenters. The number of rotatable bonds is 21. The van der Waals surface area contributed by atoms with Crippen LogP contribution in [0.1, 0.15) is 51.7 Å². The van der Waals surface area contributed by atoms with E-state index in [0.717, 1.165) is 24.1 Å². The Morgan fingerprint density at radius 1 is 0.623 bits per heavy atom. The van der Waals surface area contributed by atoms with E-state index in [0.29, 0.717) is 58.2 Å². The Bertz CT molecular complexity index is 2290. The number of aliphatic hydroxyl groups excluding tert-OH is 2. The second-order valence-electron chi connectivity index (χ2n) is 17.6. The molecule has 2 heterocycles. The summed E-state index contributed by atoms with van der Waals surface area (Å²) in [5.41, 5.74) is 1.96. The molecule has 380 valence electrons. The summed E-state index contributed by atoms with van der Waals surface area (Å²) >= 11 is 0. The van der Waals surface area contributed by atoms with Gasteiger partial charge in [0.25, 0.3) is 9.05 Å². The monoisotopic (exact) mass is 1020 g/mol. The number of amides is 2. The predicted molar refractivity (Wildman–Crippen MR) is 265 cm³/mol. The minimum Gasteiger partial charge on any atom is -0.444 e. The van der Waals surface area contributed by atoms with E-state index in [1.54, 1.807) is 36.4 Å². The molecule has 4 aromatic rings. The fraction of sp³-hybridized carbons (Fsp3) is 0.480. The van der Waals surface area contributed by atoms with E-state index in [1.807, 2.05) is 74.5 Å². The van der Waals surface area contributed by atoms with Gasteiger partial charge in [0.2, 0.25) is 10.0 Å². The van der Waals surface area contributed by atoms with Crippen molar-refractivity contribution in [1.82, 2.24) is 20.3 Å². The second-order valence-corrected chi connectivity index (χ2v) is 22.1. The molecule has 2 saturated heterocycles. The van der Waals surface area contributed by atoms with E-state index >= 15 is 0 Å². The Morgan fingerprint density at radius 2 is 1.04 bits per heavy atom. The van der Waals surface area contributed by atoms with E-state index in [9.17, 15) is 36.6 Å². The predicted octanol–water partition coefficient (Wildman–Crippen LogP) is 6.15. The molecule has 0 aromatic heterocycles. The van der Waals surface area contributed by atoms with Gasteiger partial charge in [-0.2, -0.15) is 4.31 Å². The Labute approximate surface area is 412 Å². The minimum atomic E-state index is -3.83. The first kappa shape index (κ1) is 57.0. The first-order valence-corrected chi connectivity index (χ1v) is 26.9. The summed E-state index contributed by atoms with van der Waals surface area (Å²) in [4.78, 5) is 25.0. The van der Waals surface area contributed by atoms with E-state index in [1.165, 1.54) is 28.6 Å². The Hall–Kier alpha value is -4.63. The zero-order valence-electron chi connectivity index (χ0n) is 39.8. The maximum absolute atomic E-state index is 13.3. The molecule has 16 nitrogen and oxygen atoms in total. The minimum absolute atomic E-state index is 0.0403. The fourth-order valence-electron chi connectivity index (χ4n) is 7.19. The summed E-state index contributed by atoms with van der Waals surface area (Å²) in [6.07, 6.45) is -1.35. The van der Waals surface area contributed by atoms with Crippen LogP contribution in [0.25, 0.3) is 0 Å². The number of benzene rings is 4. The van der Waals surface area contributed by atoms with Crippen LogP contribution in [0.3, 0.4) is 0 Å². The van der Waals surface area contributed by atoms with Crippen LogP contribution in [-0.2, 0) is 50.9 Å². The molecule has 0 unspecified atom stereocenters. The van der Waals surface area contributed by atoms with Crippen molar-refractivity contribution < 1.29 is 55.6 Å². The molecule has 4 aromatic carbocycles. The highest BCUT2D eigenvalue weighted by atomic mass is 35.7. The number of sulfonamides is 1. The average Bonchev–Trinajstić information content (AvgIpc) is 4.04. The third kappa shape index (κ3) is 21.5. The molecule has 6 rings (SSSR count). The fourth-order valence-corrected chi connectivity index (χ4v) is 9.62. The standard InChI is InChI=1S/C25H34N2O6S.C19H30N2O4.C6H5ClO2S/c1-19(2)16-27(34(30,31)22-11-7-4-8-12-22)17-24(28)23(15-20-9-5-3-6-10-20)26-25(29)33-21-13-14-32-18-21;1-14(2)11-20-12-18(22)17(10-15-6-4-3-5-7-15)21-19(23)25-16-8-9-24-13-16;7-10(8,9)6-4-2-1-3-5-6/h3-12,19,21,23-24,28H,13-18H2,1-2H3,(H,26,29);3-7,14,16-18,20,22H,8-13H2,1-2H3,(H,21,23);1-5H/t21-,23-,24+;16-,17-,18+;/m00./s1. The lowest BCUT2D eigenvalue weighted by atomic mass is 10.0. The number of nitrogens with one attached hydrogen (secondary N) is 3. The van der Waals surface area contributed by atoms with Crippen LogP contribution < -0.4 is 16.0 Å². The van der Waals surface area contributed by atoms with E-state index in [-0.39, 0.29) is 41.0 Å². The number of halogens is 1. The smallest absolute Gasteiger partial charge is 0.407 e. The van der Waals surface area contributed by atoms with Crippen molar-refractivity contribution in [2.45, 2.75) is 99.7 Å². The number of aliphatic hydroxyl groups is 2. The number of ether oxygens (including phenoxy) is 4. The van der Waals surface area contributed by atoms with Gasteiger partial charge in [0.15, 0.2) is 0 Å². The molecule has 19 heteroatoms. The Morgan fingerprint density at radius 3 is 1.42 bits per heavy atom. The van der Waals surface area contributed by atoms with Crippen LogP contribution in [0.2, 0.25) is 0 Å². The summed E-state index contributed by atoms with van der Waals surface area (Å²) in [5, 5.41) is 30.5. The van der Waals surface area contributed by atoms with Crippen LogP contribution in [0, 0.1) is 11.8 Å². The summed E-state index contributed by atoms with van der Waals surface area (Å²) in [6, 6.07) is 34.1. The first-order valence-electron chi connectivity index (χ1n) is 23.2. The quantitative estimate of drug-likeness (QED) is 0.0592. The highest BCUT2D eigenvalue weighted by Crippen LogP contribution is 2.20. The molecular weight excluding hydrogens is 948 g/mol. The molecule has 0 aliphatic carbocycles. The van der Waals surface area contributed by atoms with Gasteiger partial charge in [0, 0.05) is 43.2 Å². The molecule has 0 radical (unpaired) electrons. The molecule has 0 bridgehead atoms. The number of carbonyl (C=O) groups excluding carboxylic acids is 2. The topological polar surface area (TPSA) is 219 Å². The van der Waals surface area contributed by atoms with Gasteiger partial charge in [-0.15, -0.1) is 0 Å². The van der Waals surface area contributed by atoms with E-state index in [2.05, 4.69) is 29.8 Å². The maximum atomic E-state index is 13.3. The van der Waals surface area contributed by atoms with Crippen molar-refractivity contribution >= 4 is 41.9 Å². The first-order chi connectivity index (χ1) is 32.9. The van der Waals surface area contributed by atoms with Gasteiger partial charge in [0.05, 0.1) is 60.5 Å². The number of alkyl carbamates (subject to hydrolysis) is 2. The lowest BCUT2D eigenvalue weighted by Crippen LogP contribution is -2.51. The van der Waals surface area contributed by atoms with Crippen molar-refractivity contribution in [3.8, 4) is 0 Å². The highest BCUT2D eigenvalue weighted by molar-refractivity contribution is 8.13. The molecule has 5 N–H and O–H groups in total. The average molecular weight is 1020 g/mol. The van der Waals surface area contributed by atoms with Crippen LogP contribution >= 0.6 is 10.7 Å². The molecule has 2 aliphatic heterocycles.